The molecule has 3 rings (SSSR count). The first-order valence-electron chi connectivity index (χ1n) is 6.76. The standard InChI is InChI=1S/C14H13N.C4H3NO2/c15-11-14(12-7-3-1-4-8-12)13-9-5-2-6-10-13;6-3-1-2-4(7)5-3/h1-11H,15H2;1-2H,(H,5,6,7). The molecule has 1 aliphatic rings. The van der Waals surface area contributed by atoms with Crippen LogP contribution < -0.4 is 11.1 Å². The van der Waals surface area contributed by atoms with Gasteiger partial charge in [0.05, 0.1) is 0 Å². The van der Waals surface area contributed by atoms with Gasteiger partial charge in [0.1, 0.15) is 0 Å². The van der Waals surface area contributed by atoms with Crippen molar-refractivity contribution in [3.8, 4) is 0 Å². The van der Waals surface area contributed by atoms with Crippen molar-refractivity contribution in [1.82, 2.24) is 5.32 Å². The van der Waals surface area contributed by atoms with E-state index >= 15 is 0 Å². The van der Waals surface area contributed by atoms with Crippen molar-refractivity contribution >= 4 is 17.4 Å². The maximum Gasteiger partial charge on any atom is 0.250 e. The van der Waals surface area contributed by atoms with Crippen molar-refractivity contribution in [2.24, 2.45) is 5.73 Å². The molecule has 0 saturated carbocycles. The van der Waals surface area contributed by atoms with Crippen LogP contribution in [0.4, 0.5) is 0 Å². The summed E-state index contributed by atoms with van der Waals surface area (Å²) in [5.74, 6) is -0.657. The van der Waals surface area contributed by atoms with Crippen LogP contribution in [0.15, 0.2) is 79.0 Å². The Morgan fingerprint density at radius 2 is 1.18 bits per heavy atom. The van der Waals surface area contributed by atoms with Crippen molar-refractivity contribution in [2.75, 3.05) is 0 Å². The molecule has 0 fully saturated rings. The molecule has 2 aromatic carbocycles. The normalized spacial score (nSPS) is 12.2. The van der Waals surface area contributed by atoms with E-state index in [-0.39, 0.29) is 11.8 Å². The van der Waals surface area contributed by atoms with Gasteiger partial charge in [-0.1, -0.05) is 60.7 Å². The number of imide groups is 1. The Hall–Kier alpha value is -3.14. The minimum absolute atomic E-state index is 0.329. The molecule has 0 atom stereocenters. The molecule has 0 radical (unpaired) electrons. The van der Waals surface area contributed by atoms with E-state index in [0.717, 1.165) is 16.7 Å². The first-order chi connectivity index (χ1) is 10.7. The van der Waals surface area contributed by atoms with Gasteiger partial charge in [0.2, 0.25) is 0 Å². The Morgan fingerprint density at radius 1 is 0.773 bits per heavy atom. The average Bonchev–Trinajstić information content (AvgIpc) is 2.94. The molecule has 4 heteroatoms. The monoisotopic (exact) mass is 292 g/mol. The van der Waals surface area contributed by atoms with Crippen LogP contribution in [0.5, 0.6) is 0 Å². The molecule has 1 aliphatic heterocycles. The van der Waals surface area contributed by atoms with Crippen LogP contribution >= 0.6 is 0 Å². The SMILES string of the molecule is NC=C(c1ccccc1)c1ccccc1.O=C1C=CC(=O)N1. The molecule has 110 valence electrons. The lowest BCUT2D eigenvalue weighted by atomic mass is 9.99. The minimum atomic E-state index is -0.329. The number of nitrogens with one attached hydrogen (secondary N) is 1. The largest absolute Gasteiger partial charge is 0.404 e. The summed E-state index contributed by atoms with van der Waals surface area (Å²) in [6.45, 7) is 0. The zero-order valence-corrected chi connectivity index (χ0v) is 11.9. The molecule has 2 amide bonds. The van der Waals surface area contributed by atoms with Crippen LogP contribution in [0, 0.1) is 0 Å². The first kappa shape index (κ1) is 15.3. The predicted molar refractivity (Wildman–Crippen MR) is 86.4 cm³/mol. The van der Waals surface area contributed by atoms with E-state index in [1.165, 1.54) is 12.2 Å². The summed E-state index contributed by atoms with van der Waals surface area (Å²) in [6.07, 6.45) is 4.05. The highest BCUT2D eigenvalue weighted by atomic mass is 16.2. The van der Waals surface area contributed by atoms with Crippen LogP contribution in [-0.2, 0) is 9.59 Å². The number of hydrogen-bond donors (Lipinski definition) is 2. The van der Waals surface area contributed by atoms with Crippen molar-refractivity contribution < 1.29 is 9.59 Å². The minimum Gasteiger partial charge on any atom is -0.404 e. The second kappa shape index (κ2) is 7.59. The summed E-state index contributed by atoms with van der Waals surface area (Å²) >= 11 is 0. The predicted octanol–water partition coefficient (Wildman–Crippen LogP) is 2.23. The molecule has 3 N–H and O–H groups in total. The van der Waals surface area contributed by atoms with Crippen molar-refractivity contribution in [1.29, 1.82) is 0 Å². The molecule has 0 aromatic heterocycles. The summed E-state index contributed by atoms with van der Waals surface area (Å²) in [5, 5.41) is 2.03. The van der Waals surface area contributed by atoms with E-state index in [0.29, 0.717) is 0 Å². The number of amides is 2. The molecule has 0 spiro atoms. The van der Waals surface area contributed by atoms with Gasteiger partial charge in [0.25, 0.3) is 11.8 Å². The molecule has 0 bridgehead atoms. The Bertz CT molecular complexity index is 647. The fourth-order valence-electron chi connectivity index (χ4n) is 1.95. The topological polar surface area (TPSA) is 72.2 Å². The summed E-state index contributed by atoms with van der Waals surface area (Å²) < 4.78 is 0. The molecule has 1 heterocycles. The summed E-state index contributed by atoms with van der Waals surface area (Å²) in [4.78, 5) is 20.1. The van der Waals surface area contributed by atoms with E-state index < -0.39 is 0 Å². The summed E-state index contributed by atoms with van der Waals surface area (Å²) in [7, 11) is 0. The molecule has 22 heavy (non-hydrogen) atoms. The highest BCUT2D eigenvalue weighted by Crippen LogP contribution is 2.21. The third-order valence-electron chi connectivity index (χ3n) is 2.97. The van der Waals surface area contributed by atoms with E-state index in [9.17, 15) is 9.59 Å². The lowest BCUT2D eigenvalue weighted by Crippen LogP contribution is -2.19. The molecule has 0 saturated heterocycles. The Labute approximate surface area is 129 Å². The third kappa shape index (κ3) is 4.18. The van der Waals surface area contributed by atoms with Gasteiger partial charge in [-0.25, -0.2) is 0 Å². The van der Waals surface area contributed by atoms with Crippen molar-refractivity contribution in [3.05, 3.63) is 90.1 Å². The lowest BCUT2D eigenvalue weighted by Gasteiger charge is -2.06. The van der Waals surface area contributed by atoms with Gasteiger partial charge < -0.3 is 5.73 Å². The molecular weight excluding hydrogens is 276 g/mol. The fraction of sp³-hybridized carbons (Fsp3) is 0. The van der Waals surface area contributed by atoms with E-state index in [2.05, 4.69) is 24.3 Å². The van der Waals surface area contributed by atoms with E-state index in [4.69, 9.17) is 5.73 Å². The first-order valence-corrected chi connectivity index (χ1v) is 6.76. The van der Waals surface area contributed by atoms with Gasteiger partial charge >= 0.3 is 0 Å². The van der Waals surface area contributed by atoms with Crippen LogP contribution in [0.2, 0.25) is 0 Å². The Kier molecular flexibility index (Phi) is 5.26. The molecule has 4 nitrogen and oxygen atoms in total. The summed E-state index contributed by atoms with van der Waals surface area (Å²) in [6, 6.07) is 20.3. The van der Waals surface area contributed by atoms with Crippen LogP contribution in [0.25, 0.3) is 5.57 Å². The smallest absolute Gasteiger partial charge is 0.250 e. The number of carbonyl (C=O) groups excluding carboxylic acids is 2. The third-order valence-corrected chi connectivity index (χ3v) is 2.97. The number of nitrogens with two attached hydrogens (primary N) is 1. The highest BCUT2D eigenvalue weighted by molar-refractivity contribution is 6.12. The van der Waals surface area contributed by atoms with E-state index in [1.54, 1.807) is 6.20 Å². The van der Waals surface area contributed by atoms with Crippen molar-refractivity contribution in [3.63, 3.8) is 0 Å². The quantitative estimate of drug-likeness (QED) is 0.834. The van der Waals surface area contributed by atoms with Gasteiger partial charge in [0.15, 0.2) is 0 Å². The zero-order valence-electron chi connectivity index (χ0n) is 11.9. The number of benzene rings is 2. The van der Waals surface area contributed by atoms with Crippen LogP contribution in [0.1, 0.15) is 11.1 Å². The maximum absolute atomic E-state index is 10.0. The zero-order chi connectivity index (χ0) is 15.8. The van der Waals surface area contributed by atoms with Crippen LogP contribution in [-0.4, -0.2) is 11.8 Å². The van der Waals surface area contributed by atoms with Gasteiger partial charge in [-0.3, -0.25) is 14.9 Å². The van der Waals surface area contributed by atoms with Gasteiger partial charge in [-0.05, 0) is 11.1 Å². The molecule has 0 unspecified atom stereocenters. The number of carbonyl (C=O) groups is 2. The van der Waals surface area contributed by atoms with Gasteiger partial charge in [-0.15, -0.1) is 0 Å². The van der Waals surface area contributed by atoms with Gasteiger partial charge in [-0.2, -0.15) is 0 Å². The lowest BCUT2D eigenvalue weighted by molar-refractivity contribution is -0.123. The van der Waals surface area contributed by atoms with Gasteiger partial charge in [0, 0.05) is 23.9 Å². The maximum atomic E-state index is 10.0. The Balaban J connectivity index is 0.000000211. The number of rotatable bonds is 2. The second-order valence-corrected chi connectivity index (χ2v) is 4.50. The van der Waals surface area contributed by atoms with Crippen LogP contribution in [0.3, 0.4) is 0 Å². The average molecular weight is 292 g/mol. The van der Waals surface area contributed by atoms with Crippen molar-refractivity contribution in [2.45, 2.75) is 0 Å². The summed E-state index contributed by atoms with van der Waals surface area (Å²) in [5.41, 5.74) is 9.03. The highest BCUT2D eigenvalue weighted by Gasteiger charge is 2.06. The fourth-order valence-corrected chi connectivity index (χ4v) is 1.95. The second-order valence-electron chi connectivity index (χ2n) is 4.50. The Morgan fingerprint density at radius 3 is 1.45 bits per heavy atom. The molecular formula is C18H16N2O2. The molecule has 0 aliphatic carbocycles. The van der Waals surface area contributed by atoms with E-state index in [1.807, 2.05) is 41.7 Å². The molecule has 2 aromatic rings. The number of hydrogen-bond acceptors (Lipinski definition) is 3.